The fourth-order valence-electron chi connectivity index (χ4n) is 12.2. The lowest BCUT2D eigenvalue weighted by molar-refractivity contribution is -1.09. The van der Waals surface area contributed by atoms with Crippen LogP contribution in [0.25, 0.3) is 0 Å². The maximum atomic E-state index is 11.8. The number of benzene rings is 4. The number of hydrogen-bond acceptors (Lipinski definition) is 9. The molecule has 0 saturated carbocycles. The van der Waals surface area contributed by atoms with Gasteiger partial charge in [0.25, 0.3) is 0 Å². The molecule has 4 aromatic carbocycles. The van der Waals surface area contributed by atoms with E-state index >= 15 is 0 Å². The Morgan fingerprint density at radius 3 is 0.844 bits per heavy atom. The number of ether oxygens (including phenoxy) is 3. The van der Waals surface area contributed by atoms with Gasteiger partial charge >= 0.3 is 17.9 Å². The highest BCUT2D eigenvalue weighted by Gasteiger charge is 2.49. The Bertz CT molecular complexity index is 2900. The summed E-state index contributed by atoms with van der Waals surface area (Å²) in [5, 5.41) is 8.92. The molecule has 0 amide bonds. The molecule has 128 heavy (non-hydrogen) atoms. The van der Waals surface area contributed by atoms with Crippen LogP contribution in [0.4, 0.5) is 0 Å². The van der Waals surface area contributed by atoms with Crippen molar-refractivity contribution in [3.05, 3.63) is 142 Å². The average molecular weight is 1920 g/mol. The Morgan fingerprint density at radius 2 is 0.625 bits per heavy atom. The van der Waals surface area contributed by atoms with E-state index in [0.29, 0.717) is 43.1 Å². The molecule has 0 aliphatic carbocycles. The molecule has 7 rings (SSSR count). The smallest absolute Gasteiger partial charge is 0.311 e. The number of carbonyl (C=O) groups excluding carboxylic acids is 4. The lowest BCUT2D eigenvalue weighted by atomic mass is 9.82. The highest BCUT2D eigenvalue weighted by molar-refractivity contribution is 5.84. The molecule has 15 heteroatoms. The van der Waals surface area contributed by atoms with Gasteiger partial charge in [0.2, 0.25) is 0 Å². The van der Waals surface area contributed by atoms with E-state index in [2.05, 4.69) is 207 Å². The van der Waals surface area contributed by atoms with Crippen molar-refractivity contribution < 1.29 is 90.9 Å². The van der Waals surface area contributed by atoms with Crippen LogP contribution < -0.4 is 29.4 Å². The Hall–Kier alpha value is -4.51. The number of rotatable bonds is 36. The molecule has 4 aromatic rings. The van der Waals surface area contributed by atoms with Gasteiger partial charge in [0.15, 0.2) is 0 Å². The second kappa shape index (κ2) is 87.8. The van der Waals surface area contributed by atoms with Crippen LogP contribution in [0.2, 0.25) is 0 Å². The van der Waals surface area contributed by atoms with E-state index in [1.54, 1.807) is 0 Å². The number of nitrogens with zero attached hydrogens (tertiary/aromatic N) is 4. The zero-order valence-corrected chi connectivity index (χ0v) is 76.7. The zero-order valence-electron chi connectivity index (χ0n) is 74.3. The fourth-order valence-corrected chi connectivity index (χ4v) is 12.2. The Morgan fingerprint density at radius 1 is 0.367 bits per heavy atom. The minimum Gasteiger partial charge on any atom is -1.00 e. The number of unbranched alkanes of at least 4 members (excludes halogenated alkanes) is 1. The Labute approximate surface area is 827 Å². The number of hydrogen-bond donors (Lipinski definition) is 1. The molecule has 6 unspecified atom stereocenters. The minimum absolute atomic E-state index is 0. The van der Waals surface area contributed by atoms with Crippen molar-refractivity contribution in [2.24, 2.45) is 27.6 Å². The minimum atomic E-state index is -0.455. The van der Waals surface area contributed by atoms with Crippen LogP contribution in [0.15, 0.2) is 97.1 Å². The summed E-state index contributed by atoms with van der Waals surface area (Å²) in [4.78, 5) is 50.8. The van der Waals surface area contributed by atoms with Gasteiger partial charge in [0.05, 0.1) is 78.9 Å². The molecule has 780 valence electrons. The van der Waals surface area contributed by atoms with Crippen LogP contribution in [-0.4, -0.2) is 154 Å². The first kappa shape index (κ1) is 180. The van der Waals surface area contributed by atoms with Gasteiger partial charge in [0.1, 0.15) is 77.3 Å². The molecule has 13 nitrogen and oxygen atoms in total. The number of halogens is 2. The standard InChI is InChI=1S/C28H42N2.2C14H24N.C14H28O4.C14H26O3.C9H18O2.20CH4.BrH.ClH/c1-5-23(3)27-11-7-25(8-12-27)21-29-15-18-30(19-16-29,20-17-29)22-26-9-13-28(14-10-26)24(4)6-2;2*1-6-12(2)14-9-7-13(8-10-14)11-15(3,4)5;1-7-13(3,4)11(18-16)9-10-17-12(15)14(5,6)8-2;1-7-13(3,4)11(15)9-10-17-12(16)14(5,6)8-2;1-4-6-7-11-9(10)8(3)5-2;;;;;;;;;;;;;;;;;;;;;;/h7-14,23-24H,5-6,15-22H2,1-4H3;2*7-10,12H,6,11H2,1-5H3;11,16H,7-10H2,1-6H3;7-10H2,1-6H3;8H,4-7H2,1-3H3;20*1H4;2*1H/q+2;2*+1;;;;;;;;;;;;;;;;;;;;;;;;;/p-2. The van der Waals surface area contributed by atoms with Crippen LogP contribution in [0, 0.1) is 27.6 Å². The maximum absolute atomic E-state index is 11.8. The van der Waals surface area contributed by atoms with Crippen LogP contribution in [0.1, 0.15) is 459 Å². The van der Waals surface area contributed by atoms with Crippen molar-refractivity contribution >= 4 is 23.7 Å². The van der Waals surface area contributed by atoms with Crippen LogP contribution >= 0.6 is 0 Å². The van der Waals surface area contributed by atoms with Gasteiger partial charge in [-0.05, 0) is 143 Å². The van der Waals surface area contributed by atoms with Gasteiger partial charge in [-0.25, -0.2) is 4.89 Å². The molecule has 3 heterocycles. The second-order valence-corrected chi connectivity index (χ2v) is 36.2. The van der Waals surface area contributed by atoms with Crippen molar-refractivity contribution in [1.82, 2.24) is 0 Å². The molecule has 0 radical (unpaired) electrons. The van der Waals surface area contributed by atoms with E-state index in [-0.39, 0.29) is 238 Å². The third-order valence-electron chi connectivity index (χ3n) is 23.5. The van der Waals surface area contributed by atoms with E-state index in [1.165, 1.54) is 132 Å². The molecule has 3 aliphatic rings. The summed E-state index contributed by atoms with van der Waals surface area (Å²) in [5.74, 6) is 2.46. The summed E-state index contributed by atoms with van der Waals surface area (Å²) in [5.41, 5.74) is 10.5. The summed E-state index contributed by atoms with van der Waals surface area (Å²) in [7, 11) is 13.3. The number of ketones is 1. The Kier molecular flexibility index (Phi) is 123. The first-order valence-electron chi connectivity index (χ1n) is 41.4. The first-order valence-corrected chi connectivity index (χ1v) is 41.4. The van der Waals surface area contributed by atoms with Crippen molar-refractivity contribution in [2.75, 3.05) is 101 Å². The second-order valence-electron chi connectivity index (χ2n) is 36.2. The van der Waals surface area contributed by atoms with Crippen molar-refractivity contribution in [1.29, 1.82) is 0 Å². The predicted molar refractivity (Wildman–Crippen MR) is 581 cm³/mol. The van der Waals surface area contributed by atoms with E-state index in [0.717, 1.165) is 67.0 Å². The van der Waals surface area contributed by atoms with Gasteiger partial charge in [0, 0.05) is 40.5 Å². The van der Waals surface area contributed by atoms with Crippen LogP contribution in [0.3, 0.4) is 0 Å². The highest BCUT2D eigenvalue weighted by atomic mass is 79.9. The molecular formula is C113H242BrClN4O9+2. The van der Waals surface area contributed by atoms with Gasteiger partial charge in [-0.2, -0.15) is 0 Å². The molecular weight excluding hydrogens is 1670 g/mol. The van der Waals surface area contributed by atoms with Crippen molar-refractivity contribution in [3.63, 3.8) is 0 Å². The third kappa shape index (κ3) is 67.6. The van der Waals surface area contributed by atoms with Gasteiger partial charge in [-0.15, -0.1) is 0 Å². The summed E-state index contributed by atoms with van der Waals surface area (Å²) in [6.07, 6.45) is 11.5. The lowest BCUT2D eigenvalue weighted by Gasteiger charge is -2.55. The third-order valence-corrected chi connectivity index (χ3v) is 23.5. The van der Waals surface area contributed by atoms with Crippen molar-refractivity contribution in [2.45, 2.75) is 447 Å². The monoisotopic (exact) mass is 1910 g/mol. The molecule has 3 aliphatic heterocycles. The van der Waals surface area contributed by atoms with E-state index in [9.17, 15) is 19.2 Å². The molecule has 6 atom stereocenters. The largest absolute Gasteiger partial charge is 1.00 e. The summed E-state index contributed by atoms with van der Waals surface area (Å²) >= 11 is 0. The predicted octanol–water partition coefficient (Wildman–Crippen LogP) is 29.0. The Balaban J connectivity index is -0.0000000523. The van der Waals surface area contributed by atoms with Crippen LogP contribution in [-0.2, 0) is 64.5 Å². The SMILES string of the molecule is C.C.C.C.C.C.C.C.C.C.C.C.C.C.C.C.C.C.C.C.CCC(C)(C)C(=O)CCOC(=O)C(C)(C)CC.CCC(C)(C)C(=O)OCCC(OO)C(C)(C)CC.CCC(C)c1ccc(C[N+](C)(C)C)cc1.CCC(C)c1ccc(C[N+](C)(C)C)cc1.CCC(C)c1ccc(C[N+]23CC[N+](Cc4ccc(C(C)CC)cc4)(CC2)CC3)cc1.CCCCOC(=O)C(C)CC.[Br-].[Cl-]. The van der Waals surface area contributed by atoms with Gasteiger partial charge < -0.3 is 61.5 Å². The first-order chi connectivity index (χ1) is 49.4. The normalized spacial score (nSPS) is 14.5. The summed E-state index contributed by atoms with van der Waals surface area (Å²) < 4.78 is 20.0. The van der Waals surface area contributed by atoms with Crippen LogP contribution in [0.5, 0.6) is 0 Å². The quantitative estimate of drug-likeness (QED) is 0.0118. The molecule has 3 fully saturated rings. The van der Waals surface area contributed by atoms with Gasteiger partial charge in [-0.1, -0.05) is 384 Å². The number of esters is 3. The van der Waals surface area contributed by atoms with E-state index in [4.69, 9.17) is 19.5 Å². The zero-order chi connectivity index (χ0) is 80.9. The van der Waals surface area contributed by atoms with E-state index < -0.39 is 10.8 Å². The molecule has 2 bridgehead atoms. The number of carbonyl (C=O) groups is 4. The highest BCUT2D eigenvalue weighted by Crippen LogP contribution is 2.34. The molecule has 0 aromatic heterocycles. The van der Waals surface area contributed by atoms with E-state index in [1.807, 2.05) is 96.9 Å². The lowest BCUT2D eigenvalue weighted by Crippen LogP contribution is -3.00. The fraction of sp³-hybridized carbons (Fsp3) is 0.752. The summed E-state index contributed by atoms with van der Waals surface area (Å²) in [6, 6.07) is 37.3. The molecule has 1 N–H and O–H groups in total. The average Bonchev–Trinajstić information content (AvgIpc) is 0.755. The maximum Gasteiger partial charge on any atom is 0.311 e. The van der Waals surface area contributed by atoms with Gasteiger partial charge in [-0.3, -0.25) is 24.4 Å². The molecule has 3 saturated heterocycles. The summed E-state index contributed by atoms with van der Waals surface area (Å²) in [6.45, 7) is 61.3. The number of Topliss-reactive ketones (excluding diaryl/α,β-unsaturated/α-hetero) is 1. The molecule has 0 spiro atoms. The topological polar surface area (TPSA) is 125 Å². The number of piperazine rings is 3. The number of quaternary nitrogens is 4. The number of fused-ring (bicyclic) bond motifs is 3. The van der Waals surface area contributed by atoms with Crippen molar-refractivity contribution in [3.8, 4) is 0 Å².